The summed E-state index contributed by atoms with van der Waals surface area (Å²) in [5, 5.41) is 4.40. The summed E-state index contributed by atoms with van der Waals surface area (Å²) in [6.07, 6.45) is 7.02. The van der Waals surface area contributed by atoms with Gasteiger partial charge in [-0.25, -0.2) is 0 Å². The van der Waals surface area contributed by atoms with E-state index in [2.05, 4.69) is 23.6 Å². The van der Waals surface area contributed by atoms with Crippen LogP contribution in [-0.2, 0) is 20.0 Å². The number of nitrogens with zero attached hydrogens (tertiary/aromatic N) is 3. The van der Waals surface area contributed by atoms with Crippen LogP contribution in [-0.4, -0.2) is 14.5 Å². The number of rotatable bonds is 4. The summed E-state index contributed by atoms with van der Waals surface area (Å²) in [7, 11) is 1.96. The van der Waals surface area contributed by atoms with E-state index in [1.165, 1.54) is 5.56 Å². The van der Waals surface area contributed by atoms with E-state index in [4.69, 9.17) is 0 Å². The minimum Gasteiger partial charge on any atom is -0.322 e. The Labute approximate surface area is 89.5 Å². The van der Waals surface area contributed by atoms with Gasteiger partial charge in [-0.2, -0.15) is 5.10 Å². The summed E-state index contributed by atoms with van der Waals surface area (Å²) in [4.78, 5) is 0. The zero-order valence-corrected chi connectivity index (χ0v) is 9.14. The summed E-state index contributed by atoms with van der Waals surface area (Å²) in [6.45, 7) is 2.94. The second-order valence-electron chi connectivity index (χ2n) is 3.55. The van der Waals surface area contributed by atoms with Gasteiger partial charge in [-0.05, 0) is 18.6 Å². The minimum absolute atomic E-state index is 0.811. The van der Waals surface area contributed by atoms with Crippen molar-refractivity contribution in [1.82, 2.24) is 14.5 Å². The molecule has 2 rings (SSSR count). The molecule has 0 aliphatic rings. The Morgan fingerprint density at radius 1 is 1.33 bits per heavy atom. The second-order valence-corrected chi connectivity index (χ2v) is 3.55. The maximum atomic E-state index is 4.40. The van der Waals surface area contributed by atoms with E-state index in [-0.39, 0.29) is 0 Å². The Morgan fingerprint density at radius 3 is 2.73 bits per heavy atom. The molecule has 2 aromatic heterocycles. The van der Waals surface area contributed by atoms with Crippen molar-refractivity contribution in [3.05, 3.63) is 42.0 Å². The average molecular weight is 204 g/mol. The fourth-order valence-corrected chi connectivity index (χ4v) is 1.65. The van der Waals surface area contributed by atoms with E-state index in [0.717, 1.165) is 18.7 Å². The van der Waals surface area contributed by atoms with Crippen molar-refractivity contribution in [2.75, 3.05) is 5.43 Å². The second kappa shape index (κ2) is 4.21. The van der Waals surface area contributed by atoms with Gasteiger partial charge in [0.1, 0.15) is 0 Å². The number of nitrogens with one attached hydrogen (secondary N) is 1. The van der Waals surface area contributed by atoms with Crippen molar-refractivity contribution in [3.8, 4) is 0 Å². The van der Waals surface area contributed by atoms with Crippen LogP contribution >= 0.6 is 0 Å². The number of aryl methyl sites for hydroxylation is 2. The van der Waals surface area contributed by atoms with E-state index < -0.39 is 0 Å². The van der Waals surface area contributed by atoms with Gasteiger partial charge in [0.05, 0.1) is 12.2 Å². The van der Waals surface area contributed by atoms with Crippen LogP contribution in [0.1, 0.15) is 18.2 Å². The Kier molecular flexibility index (Phi) is 2.76. The van der Waals surface area contributed by atoms with Crippen LogP contribution in [0.5, 0.6) is 0 Å². The predicted octanol–water partition coefficient (Wildman–Crippen LogP) is 1.53. The lowest BCUT2D eigenvalue weighted by molar-refractivity contribution is 0.746. The molecule has 0 saturated heterocycles. The van der Waals surface area contributed by atoms with Crippen molar-refractivity contribution >= 4 is 0 Å². The molecule has 0 spiro atoms. The molecule has 0 saturated carbocycles. The summed E-state index contributed by atoms with van der Waals surface area (Å²) in [6, 6.07) is 3.99. The molecule has 2 aromatic rings. The number of aromatic nitrogens is 3. The summed E-state index contributed by atoms with van der Waals surface area (Å²) in [5.41, 5.74) is 5.71. The molecule has 4 nitrogen and oxygen atoms in total. The maximum absolute atomic E-state index is 4.40. The zero-order chi connectivity index (χ0) is 10.7. The summed E-state index contributed by atoms with van der Waals surface area (Å²) < 4.78 is 3.82. The molecule has 0 fully saturated rings. The van der Waals surface area contributed by atoms with Crippen molar-refractivity contribution < 1.29 is 0 Å². The molecule has 0 amide bonds. The zero-order valence-electron chi connectivity index (χ0n) is 9.14. The predicted molar refractivity (Wildman–Crippen MR) is 60.1 cm³/mol. The van der Waals surface area contributed by atoms with E-state index >= 15 is 0 Å². The van der Waals surface area contributed by atoms with Crippen LogP contribution in [0.3, 0.4) is 0 Å². The fraction of sp³-hybridized carbons (Fsp3) is 0.364. The molecule has 15 heavy (non-hydrogen) atoms. The molecule has 0 unspecified atom stereocenters. The lowest BCUT2D eigenvalue weighted by atomic mass is 10.2. The van der Waals surface area contributed by atoms with Crippen LogP contribution in [0.25, 0.3) is 0 Å². The minimum atomic E-state index is 0.811. The third-order valence-electron chi connectivity index (χ3n) is 2.38. The van der Waals surface area contributed by atoms with Gasteiger partial charge in [0, 0.05) is 31.2 Å². The highest BCUT2D eigenvalue weighted by Gasteiger charge is 2.04. The first-order chi connectivity index (χ1) is 7.29. The molecule has 0 aliphatic carbocycles. The maximum Gasteiger partial charge on any atom is 0.0672 e. The Hall–Kier alpha value is -1.71. The summed E-state index contributed by atoms with van der Waals surface area (Å²) in [5.74, 6) is 0. The largest absolute Gasteiger partial charge is 0.322 e. The van der Waals surface area contributed by atoms with Gasteiger partial charge in [0.2, 0.25) is 0 Å². The first-order valence-electron chi connectivity index (χ1n) is 5.18. The topological polar surface area (TPSA) is 34.8 Å². The highest BCUT2D eigenvalue weighted by atomic mass is 15.4. The van der Waals surface area contributed by atoms with Gasteiger partial charge in [-0.3, -0.25) is 9.36 Å². The third-order valence-corrected chi connectivity index (χ3v) is 2.38. The molecule has 0 bridgehead atoms. The Bertz CT molecular complexity index is 414. The number of hydrogen-bond acceptors (Lipinski definition) is 2. The Balaban J connectivity index is 2.04. The van der Waals surface area contributed by atoms with Crippen LogP contribution in [0.2, 0.25) is 0 Å². The Morgan fingerprint density at radius 2 is 2.07 bits per heavy atom. The lowest BCUT2D eigenvalue weighted by Gasteiger charge is -2.06. The van der Waals surface area contributed by atoms with Crippen molar-refractivity contribution in [1.29, 1.82) is 0 Å². The molecular weight excluding hydrogens is 188 g/mol. The normalized spacial score (nSPS) is 10.5. The van der Waals surface area contributed by atoms with Crippen molar-refractivity contribution in [2.45, 2.75) is 19.9 Å². The highest BCUT2D eigenvalue weighted by molar-refractivity contribution is 5.18. The van der Waals surface area contributed by atoms with Gasteiger partial charge in [-0.15, -0.1) is 0 Å². The molecular formula is C11H16N4. The first kappa shape index (κ1) is 9.83. The van der Waals surface area contributed by atoms with Crippen molar-refractivity contribution in [2.24, 2.45) is 7.05 Å². The quantitative estimate of drug-likeness (QED) is 0.819. The molecule has 4 heteroatoms. The monoisotopic (exact) mass is 204 g/mol. The average Bonchev–Trinajstić information content (AvgIpc) is 2.83. The van der Waals surface area contributed by atoms with E-state index in [9.17, 15) is 0 Å². The molecule has 0 atom stereocenters. The first-order valence-corrected chi connectivity index (χ1v) is 5.18. The fourth-order valence-electron chi connectivity index (χ4n) is 1.65. The van der Waals surface area contributed by atoms with Gasteiger partial charge in [0.25, 0.3) is 0 Å². The molecule has 0 aromatic carbocycles. The van der Waals surface area contributed by atoms with Crippen LogP contribution in [0, 0.1) is 0 Å². The molecule has 2 heterocycles. The molecule has 1 N–H and O–H groups in total. The standard InChI is InChI=1S/C11H16N4/c1-3-11-10(9-14(2)13-11)8-12-15-6-4-5-7-15/h4-7,9,12H,3,8H2,1-2H3. The van der Waals surface area contributed by atoms with Gasteiger partial charge >= 0.3 is 0 Å². The molecule has 80 valence electrons. The smallest absolute Gasteiger partial charge is 0.0672 e. The van der Waals surface area contributed by atoms with Gasteiger partial charge in [0.15, 0.2) is 0 Å². The van der Waals surface area contributed by atoms with Crippen LogP contribution in [0.15, 0.2) is 30.7 Å². The SMILES string of the molecule is CCc1nn(C)cc1CNn1cccc1. The van der Waals surface area contributed by atoms with Gasteiger partial charge in [-0.1, -0.05) is 6.92 Å². The van der Waals surface area contributed by atoms with E-state index in [1.54, 1.807) is 0 Å². The number of hydrogen-bond donors (Lipinski definition) is 1. The van der Waals surface area contributed by atoms with Crippen LogP contribution in [0.4, 0.5) is 0 Å². The highest BCUT2D eigenvalue weighted by Crippen LogP contribution is 2.07. The summed E-state index contributed by atoms with van der Waals surface area (Å²) >= 11 is 0. The lowest BCUT2D eigenvalue weighted by Crippen LogP contribution is -2.12. The van der Waals surface area contributed by atoms with Crippen molar-refractivity contribution in [3.63, 3.8) is 0 Å². The molecule has 0 aliphatic heterocycles. The van der Waals surface area contributed by atoms with E-state index in [0.29, 0.717) is 0 Å². The van der Waals surface area contributed by atoms with Gasteiger partial charge < -0.3 is 5.43 Å². The molecule has 0 radical (unpaired) electrons. The van der Waals surface area contributed by atoms with Crippen LogP contribution < -0.4 is 5.43 Å². The van der Waals surface area contributed by atoms with E-state index in [1.807, 2.05) is 40.9 Å². The third kappa shape index (κ3) is 2.21.